The molecule has 0 saturated heterocycles. The highest BCUT2D eigenvalue weighted by molar-refractivity contribution is 9.10. The van der Waals surface area contributed by atoms with E-state index < -0.39 is 9.73 Å². The van der Waals surface area contributed by atoms with Crippen LogP contribution in [0.15, 0.2) is 33.1 Å². The van der Waals surface area contributed by atoms with E-state index >= 15 is 0 Å². The summed E-state index contributed by atoms with van der Waals surface area (Å²) in [6.45, 7) is 1.88. The predicted octanol–water partition coefficient (Wildman–Crippen LogP) is 3.20. The van der Waals surface area contributed by atoms with E-state index in [4.69, 9.17) is 0 Å². The van der Waals surface area contributed by atoms with Crippen LogP contribution in [0.5, 0.6) is 0 Å². The van der Waals surface area contributed by atoms with E-state index in [-0.39, 0.29) is 0 Å². The number of nitrogens with zero attached hydrogens (tertiary/aromatic N) is 1. The first kappa shape index (κ1) is 10.7. The molecule has 0 bridgehead atoms. The summed E-state index contributed by atoms with van der Waals surface area (Å²) in [6.07, 6.45) is 1.68. The zero-order chi connectivity index (χ0) is 9.90. The average Bonchev–Trinajstić information content (AvgIpc) is 2.09. The van der Waals surface area contributed by atoms with Crippen LogP contribution in [0.4, 0.5) is 5.69 Å². The Hall–Kier alpha value is -0.350. The quantitative estimate of drug-likeness (QED) is 0.804. The van der Waals surface area contributed by atoms with Gasteiger partial charge in [0.25, 0.3) is 0 Å². The molecule has 0 radical (unpaired) electrons. The van der Waals surface area contributed by atoms with Crippen molar-refractivity contribution in [1.82, 2.24) is 0 Å². The van der Waals surface area contributed by atoms with Crippen LogP contribution < -0.4 is 0 Å². The fourth-order valence-electron chi connectivity index (χ4n) is 0.789. The summed E-state index contributed by atoms with van der Waals surface area (Å²) in [4.78, 5) is 0. The van der Waals surface area contributed by atoms with Gasteiger partial charge in [-0.25, -0.2) is 4.21 Å². The minimum atomic E-state index is -2.03. The van der Waals surface area contributed by atoms with Gasteiger partial charge in [-0.2, -0.15) is 4.36 Å². The third kappa shape index (κ3) is 3.48. The van der Waals surface area contributed by atoms with Crippen molar-refractivity contribution >= 4 is 31.3 Å². The normalized spacial score (nSPS) is 15.0. The van der Waals surface area contributed by atoms with Gasteiger partial charge in [-0.15, -0.1) is 0 Å². The van der Waals surface area contributed by atoms with E-state index in [0.29, 0.717) is 5.75 Å². The van der Waals surface area contributed by atoms with Gasteiger partial charge in [0, 0.05) is 26.2 Å². The first-order valence-electron chi connectivity index (χ1n) is 3.99. The van der Waals surface area contributed by atoms with Gasteiger partial charge in [0.1, 0.15) is 0 Å². The molecule has 0 amide bonds. The second kappa shape index (κ2) is 4.24. The fourth-order valence-corrected chi connectivity index (χ4v) is 1.75. The first-order valence-corrected chi connectivity index (χ1v) is 6.87. The Morgan fingerprint density at radius 3 is 2.38 bits per heavy atom. The summed E-state index contributed by atoms with van der Waals surface area (Å²) in [6, 6.07) is 7.49. The molecule has 1 rings (SSSR count). The minimum Gasteiger partial charge on any atom is -0.250 e. The van der Waals surface area contributed by atoms with Crippen LogP contribution in [0.3, 0.4) is 0 Å². The summed E-state index contributed by atoms with van der Waals surface area (Å²) in [5, 5.41) is 0. The number of hydrogen-bond acceptors (Lipinski definition) is 2. The molecule has 0 fully saturated rings. The van der Waals surface area contributed by atoms with Gasteiger partial charge in [-0.3, -0.25) is 0 Å². The second-order valence-corrected chi connectivity index (χ2v) is 6.41. The minimum absolute atomic E-state index is 0.586. The van der Waals surface area contributed by atoms with E-state index in [1.54, 1.807) is 6.26 Å². The summed E-state index contributed by atoms with van der Waals surface area (Å²) < 4.78 is 16.8. The molecule has 0 N–H and O–H groups in total. The van der Waals surface area contributed by atoms with Crippen molar-refractivity contribution < 1.29 is 4.21 Å². The smallest absolute Gasteiger partial charge is 0.0730 e. The Bertz CT molecular complexity index is 391. The van der Waals surface area contributed by atoms with Gasteiger partial charge in [0.15, 0.2) is 0 Å². The molecule has 0 heterocycles. The Labute approximate surface area is 87.7 Å². The molecule has 0 saturated carbocycles. The van der Waals surface area contributed by atoms with Gasteiger partial charge in [0.05, 0.1) is 5.69 Å². The van der Waals surface area contributed by atoms with Gasteiger partial charge >= 0.3 is 0 Å². The molecule has 0 aromatic heterocycles. The van der Waals surface area contributed by atoms with Crippen LogP contribution in [0.1, 0.15) is 6.92 Å². The molecule has 1 aromatic rings. The fraction of sp³-hybridized carbons (Fsp3) is 0.333. The SMILES string of the molecule is CC[S@@](C)(=O)=Nc1ccc(Br)cc1. The van der Waals surface area contributed by atoms with Crippen molar-refractivity contribution in [1.29, 1.82) is 0 Å². The lowest BCUT2D eigenvalue weighted by Gasteiger charge is -1.99. The molecule has 0 aliphatic rings. The molecule has 4 heteroatoms. The second-order valence-electron chi connectivity index (χ2n) is 2.82. The summed E-state index contributed by atoms with van der Waals surface area (Å²) in [5.41, 5.74) is 0.776. The molecule has 1 atom stereocenters. The van der Waals surface area contributed by atoms with Crippen molar-refractivity contribution in [3.05, 3.63) is 28.7 Å². The predicted molar refractivity (Wildman–Crippen MR) is 60.8 cm³/mol. The molecule has 2 nitrogen and oxygen atoms in total. The lowest BCUT2D eigenvalue weighted by atomic mass is 10.3. The molecule has 0 aliphatic carbocycles. The molecule has 0 spiro atoms. The number of halogens is 1. The highest BCUT2D eigenvalue weighted by atomic mass is 79.9. The summed E-state index contributed by atoms with van der Waals surface area (Å²) in [7, 11) is -2.03. The zero-order valence-corrected chi connectivity index (χ0v) is 10.1. The largest absolute Gasteiger partial charge is 0.250 e. The Kier molecular flexibility index (Phi) is 3.50. The van der Waals surface area contributed by atoms with Gasteiger partial charge in [-0.1, -0.05) is 22.9 Å². The van der Waals surface area contributed by atoms with Crippen molar-refractivity contribution in [2.24, 2.45) is 4.36 Å². The van der Waals surface area contributed by atoms with Crippen LogP contribution in [-0.4, -0.2) is 16.2 Å². The van der Waals surface area contributed by atoms with E-state index in [9.17, 15) is 4.21 Å². The number of rotatable bonds is 2. The Morgan fingerprint density at radius 2 is 1.92 bits per heavy atom. The standard InChI is InChI=1S/C9H12BrNOS/c1-3-13(2,12)11-9-6-4-8(10)5-7-9/h4-7H,3H2,1-2H3/t13-/m1/s1. The van der Waals surface area contributed by atoms with Gasteiger partial charge in [-0.05, 0) is 24.3 Å². The van der Waals surface area contributed by atoms with E-state index in [1.165, 1.54) is 0 Å². The van der Waals surface area contributed by atoms with Gasteiger partial charge in [0.2, 0.25) is 0 Å². The van der Waals surface area contributed by atoms with E-state index in [0.717, 1.165) is 10.2 Å². The van der Waals surface area contributed by atoms with Crippen LogP contribution >= 0.6 is 15.9 Å². The van der Waals surface area contributed by atoms with Crippen molar-refractivity contribution in [3.8, 4) is 0 Å². The maximum Gasteiger partial charge on any atom is 0.0730 e. The monoisotopic (exact) mass is 261 g/mol. The van der Waals surface area contributed by atoms with Crippen LogP contribution in [0, 0.1) is 0 Å². The third-order valence-corrected chi connectivity index (χ3v) is 3.86. The van der Waals surface area contributed by atoms with Crippen LogP contribution in [0.2, 0.25) is 0 Å². The maximum atomic E-state index is 11.6. The highest BCUT2D eigenvalue weighted by Crippen LogP contribution is 2.18. The van der Waals surface area contributed by atoms with Crippen molar-refractivity contribution in [2.75, 3.05) is 12.0 Å². The zero-order valence-electron chi connectivity index (χ0n) is 7.66. The summed E-state index contributed by atoms with van der Waals surface area (Å²) >= 11 is 3.33. The summed E-state index contributed by atoms with van der Waals surface area (Å²) in [5.74, 6) is 0.586. The molecule has 13 heavy (non-hydrogen) atoms. The molecule has 0 unspecified atom stereocenters. The topological polar surface area (TPSA) is 29.4 Å². The molecule has 0 aliphatic heterocycles. The van der Waals surface area contributed by atoms with Gasteiger partial charge < -0.3 is 0 Å². The Morgan fingerprint density at radius 1 is 1.38 bits per heavy atom. The molecule has 72 valence electrons. The van der Waals surface area contributed by atoms with Crippen LogP contribution in [0.25, 0.3) is 0 Å². The lowest BCUT2D eigenvalue weighted by Crippen LogP contribution is -1.97. The molecule has 1 aromatic carbocycles. The maximum absolute atomic E-state index is 11.6. The molecular weight excluding hydrogens is 250 g/mol. The van der Waals surface area contributed by atoms with Crippen LogP contribution in [-0.2, 0) is 9.73 Å². The highest BCUT2D eigenvalue weighted by Gasteiger charge is 1.97. The lowest BCUT2D eigenvalue weighted by molar-refractivity contribution is 0.681. The first-order chi connectivity index (χ1) is 6.03. The number of hydrogen-bond donors (Lipinski definition) is 0. The number of benzene rings is 1. The molecular formula is C9H12BrNOS. The van der Waals surface area contributed by atoms with Crippen molar-refractivity contribution in [3.63, 3.8) is 0 Å². The Balaban J connectivity index is 3.06. The van der Waals surface area contributed by atoms with E-state index in [1.807, 2.05) is 31.2 Å². The van der Waals surface area contributed by atoms with Crippen molar-refractivity contribution in [2.45, 2.75) is 6.92 Å². The third-order valence-electron chi connectivity index (χ3n) is 1.66. The van der Waals surface area contributed by atoms with E-state index in [2.05, 4.69) is 20.3 Å². The average molecular weight is 262 g/mol.